The Kier molecular flexibility index (Phi) is 6.12. The van der Waals surface area contributed by atoms with E-state index in [0.29, 0.717) is 0 Å². The largest absolute Gasteiger partial charge is 0.466 e. The number of carbonyl (C=O) groups excluding carboxylic acids is 3. The third kappa shape index (κ3) is 4.15. The first-order valence-corrected chi connectivity index (χ1v) is 8.02. The highest BCUT2D eigenvalue weighted by Crippen LogP contribution is 2.32. The van der Waals surface area contributed by atoms with Gasteiger partial charge in [0.25, 0.3) is 5.91 Å². The van der Waals surface area contributed by atoms with Gasteiger partial charge in [-0.15, -0.1) is 6.58 Å². The summed E-state index contributed by atoms with van der Waals surface area (Å²) in [4.78, 5) is 48.0. The molecule has 1 aromatic heterocycles. The van der Waals surface area contributed by atoms with Crippen molar-refractivity contribution >= 4 is 40.6 Å². The van der Waals surface area contributed by atoms with Gasteiger partial charge in [-0.3, -0.25) is 9.69 Å². The van der Waals surface area contributed by atoms with Crippen molar-refractivity contribution in [3.8, 4) is 0 Å². The number of amidine groups is 1. The third-order valence-electron chi connectivity index (χ3n) is 2.95. The molecule has 1 aliphatic heterocycles. The molecule has 0 saturated carbocycles. The molecule has 0 aromatic carbocycles. The summed E-state index contributed by atoms with van der Waals surface area (Å²) in [5.41, 5.74) is 0.0753. The van der Waals surface area contributed by atoms with Gasteiger partial charge in [0.05, 0.1) is 24.9 Å². The van der Waals surface area contributed by atoms with Crippen molar-refractivity contribution in [3.63, 3.8) is 0 Å². The lowest BCUT2D eigenvalue weighted by Crippen LogP contribution is -2.29. The van der Waals surface area contributed by atoms with E-state index in [4.69, 9.17) is 4.74 Å². The summed E-state index contributed by atoms with van der Waals surface area (Å²) >= 11 is 0.975. The summed E-state index contributed by atoms with van der Waals surface area (Å²) < 4.78 is 9.46. The second-order valence-corrected chi connectivity index (χ2v) is 5.56. The van der Waals surface area contributed by atoms with E-state index in [2.05, 4.69) is 26.3 Å². The van der Waals surface area contributed by atoms with Gasteiger partial charge in [0, 0.05) is 12.6 Å². The number of imidazole rings is 1. The number of thioether (sulfide) groups is 1. The Hall–Kier alpha value is -2.88. The predicted octanol–water partition coefficient (Wildman–Crippen LogP) is 1.39. The molecule has 132 valence electrons. The molecule has 1 amide bonds. The zero-order chi connectivity index (χ0) is 18.4. The van der Waals surface area contributed by atoms with Crippen molar-refractivity contribution < 1.29 is 23.9 Å². The first kappa shape index (κ1) is 18.5. The molecule has 0 atom stereocenters. The van der Waals surface area contributed by atoms with Gasteiger partial charge in [-0.2, -0.15) is 0 Å². The molecule has 25 heavy (non-hydrogen) atoms. The minimum atomic E-state index is -0.650. The van der Waals surface area contributed by atoms with Crippen molar-refractivity contribution in [1.82, 2.24) is 14.9 Å². The molecule has 10 heteroatoms. The average molecular weight is 364 g/mol. The van der Waals surface area contributed by atoms with E-state index in [0.717, 1.165) is 17.8 Å². The number of rotatable bonds is 6. The van der Waals surface area contributed by atoms with Gasteiger partial charge in [0.1, 0.15) is 0 Å². The van der Waals surface area contributed by atoms with Crippen LogP contribution in [0.3, 0.4) is 0 Å². The summed E-state index contributed by atoms with van der Waals surface area (Å²) in [5, 5.41) is 0.262. The SMILES string of the molecule is C=CCN1C(=O)C(=CC(=O)OC)SC1=Nc1nc[nH]c1C(=O)OCC. The molecular weight excluding hydrogens is 348 g/mol. The minimum absolute atomic E-state index is 0.0753. The number of carbonyl (C=O) groups is 3. The lowest BCUT2D eigenvalue weighted by Gasteiger charge is -2.12. The molecule has 0 bridgehead atoms. The quantitative estimate of drug-likeness (QED) is 0.461. The van der Waals surface area contributed by atoms with Crippen LogP contribution in [0.1, 0.15) is 17.4 Å². The smallest absolute Gasteiger partial charge is 0.358 e. The zero-order valence-electron chi connectivity index (χ0n) is 13.6. The number of nitrogens with zero attached hydrogens (tertiary/aromatic N) is 3. The Morgan fingerprint density at radius 3 is 2.92 bits per heavy atom. The highest BCUT2D eigenvalue weighted by atomic mass is 32.2. The highest BCUT2D eigenvalue weighted by molar-refractivity contribution is 8.18. The van der Waals surface area contributed by atoms with Crippen LogP contribution in [0.4, 0.5) is 5.82 Å². The molecule has 1 saturated heterocycles. The molecule has 0 radical (unpaired) electrons. The van der Waals surface area contributed by atoms with Crippen LogP contribution in [-0.2, 0) is 19.1 Å². The van der Waals surface area contributed by atoms with Crippen LogP contribution >= 0.6 is 11.8 Å². The van der Waals surface area contributed by atoms with Gasteiger partial charge < -0.3 is 14.5 Å². The Morgan fingerprint density at radius 1 is 1.52 bits per heavy atom. The van der Waals surface area contributed by atoms with Gasteiger partial charge >= 0.3 is 11.9 Å². The lowest BCUT2D eigenvalue weighted by atomic mass is 10.4. The van der Waals surface area contributed by atoms with Crippen LogP contribution in [0.2, 0.25) is 0 Å². The van der Waals surface area contributed by atoms with Gasteiger partial charge in [0.15, 0.2) is 16.7 Å². The number of aromatic nitrogens is 2. The van der Waals surface area contributed by atoms with E-state index in [1.54, 1.807) is 6.92 Å². The van der Waals surface area contributed by atoms with E-state index >= 15 is 0 Å². The van der Waals surface area contributed by atoms with Crippen LogP contribution in [0.25, 0.3) is 0 Å². The number of amides is 1. The predicted molar refractivity (Wildman–Crippen MR) is 91.2 cm³/mol. The summed E-state index contributed by atoms with van der Waals surface area (Å²) in [7, 11) is 1.22. The molecule has 2 heterocycles. The minimum Gasteiger partial charge on any atom is -0.466 e. The fourth-order valence-electron chi connectivity index (χ4n) is 1.86. The molecule has 1 aliphatic rings. The molecule has 1 fully saturated rings. The Bertz CT molecular complexity index is 768. The second kappa shape index (κ2) is 8.29. The molecular formula is C15H16N4O5S. The molecule has 0 aliphatic carbocycles. The zero-order valence-corrected chi connectivity index (χ0v) is 14.5. The van der Waals surface area contributed by atoms with Gasteiger partial charge in [-0.1, -0.05) is 6.08 Å². The number of nitrogens with one attached hydrogen (secondary N) is 1. The standard InChI is InChI=1S/C15H16N4O5S/c1-4-6-19-13(21)9(7-10(20)23-3)25-15(19)18-12-11(16-8-17-12)14(22)24-5-2/h4,7-8H,1,5-6H2,2-3H3,(H,16,17). The van der Waals surface area contributed by atoms with Crippen LogP contribution in [0, 0.1) is 0 Å². The number of aromatic amines is 1. The molecule has 0 spiro atoms. The fourth-order valence-corrected chi connectivity index (χ4v) is 2.81. The van der Waals surface area contributed by atoms with Crippen LogP contribution in [0.5, 0.6) is 0 Å². The Morgan fingerprint density at radius 2 is 2.28 bits per heavy atom. The number of ether oxygens (including phenoxy) is 2. The highest BCUT2D eigenvalue weighted by Gasteiger charge is 2.34. The van der Waals surface area contributed by atoms with Crippen LogP contribution < -0.4 is 0 Å². The Labute approximate surface area is 147 Å². The van der Waals surface area contributed by atoms with Crippen LogP contribution in [-0.4, -0.2) is 58.1 Å². The lowest BCUT2D eigenvalue weighted by molar-refractivity contribution is -0.135. The first-order chi connectivity index (χ1) is 12.0. The second-order valence-electron chi connectivity index (χ2n) is 4.55. The van der Waals surface area contributed by atoms with E-state index in [1.807, 2.05) is 0 Å². The van der Waals surface area contributed by atoms with Crippen molar-refractivity contribution in [2.45, 2.75) is 6.92 Å². The van der Waals surface area contributed by atoms with Gasteiger partial charge in [0.2, 0.25) is 0 Å². The van der Waals surface area contributed by atoms with Gasteiger partial charge in [-0.25, -0.2) is 19.6 Å². The van der Waals surface area contributed by atoms with E-state index in [-0.39, 0.29) is 34.7 Å². The maximum atomic E-state index is 12.4. The fraction of sp³-hybridized carbons (Fsp3) is 0.267. The van der Waals surface area contributed by atoms with Crippen molar-refractivity contribution in [2.75, 3.05) is 20.3 Å². The van der Waals surface area contributed by atoms with Crippen LogP contribution in [0.15, 0.2) is 35.0 Å². The molecule has 0 unspecified atom stereocenters. The topological polar surface area (TPSA) is 114 Å². The monoisotopic (exact) mass is 364 g/mol. The Balaban J connectivity index is 2.38. The number of H-pyrrole nitrogens is 1. The first-order valence-electron chi connectivity index (χ1n) is 7.21. The number of aliphatic imine (C=N–C) groups is 1. The molecule has 9 nitrogen and oxygen atoms in total. The van der Waals surface area contributed by atoms with E-state index < -0.39 is 17.8 Å². The van der Waals surface area contributed by atoms with Crippen molar-refractivity contribution in [3.05, 3.63) is 35.7 Å². The van der Waals surface area contributed by atoms with Gasteiger partial charge in [-0.05, 0) is 18.7 Å². The number of esters is 2. The normalized spacial score (nSPS) is 17.2. The number of hydrogen-bond donors (Lipinski definition) is 1. The number of methoxy groups -OCH3 is 1. The summed E-state index contributed by atoms with van der Waals surface area (Å²) in [6.45, 7) is 5.67. The van der Waals surface area contributed by atoms with E-state index in [1.165, 1.54) is 24.4 Å². The van der Waals surface area contributed by atoms with Crippen molar-refractivity contribution in [1.29, 1.82) is 0 Å². The molecule has 2 rings (SSSR count). The summed E-state index contributed by atoms with van der Waals surface area (Å²) in [5.74, 6) is -1.58. The molecule has 1 aromatic rings. The van der Waals surface area contributed by atoms with Crippen molar-refractivity contribution in [2.24, 2.45) is 4.99 Å². The maximum absolute atomic E-state index is 12.4. The third-order valence-corrected chi connectivity index (χ3v) is 3.96. The molecule has 1 N–H and O–H groups in total. The summed E-state index contributed by atoms with van der Waals surface area (Å²) in [6.07, 6.45) is 3.91. The van der Waals surface area contributed by atoms with E-state index in [9.17, 15) is 14.4 Å². The average Bonchev–Trinajstić information content (AvgIpc) is 3.16. The summed E-state index contributed by atoms with van der Waals surface area (Å²) in [6, 6.07) is 0. The number of hydrogen-bond acceptors (Lipinski definition) is 8. The maximum Gasteiger partial charge on any atom is 0.358 e.